The average Bonchev–Trinajstić information content (AvgIpc) is 2.67. The molecule has 0 aromatic heterocycles. The number of nitro benzene ring substituents is 1. The number of Topliss-reactive ketones (excluding diaryl/α,β-unsaturated/α-hetero) is 1. The van der Waals surface area contributed by atoms with Crippen molar-refractivity contribution >= 4 is 17.4 Å². The molecule has 2 aliphatic heterocycles. The van der Waals surface area contributed by atoms with Crippen LogP contribution in [-0.2, 0) is 14.3 Å². The summed E-state index contributed by atoms with van der Waals surface area (Å²) in [5, 5.41) is 14.7. The molecule has 1 fully saturated rings. The highest BCUT2D eigenvalue weighted by Gasteiger charge is 2.45. The Kier molecular flexibility index (Phi) is 5.00. The number of ketones is 1. The molecular formula is C21H25N3O5. The van der Waals surface area contributed by atoms with Crippen molar-refractivity contribution in [2.45, 2.75) is 39.0 Å². The van der Waals surface area contributed by atoms with Crippen molar-refractivity contribution in [2.75, 3.05) is 26.3 Å². The van der Waals surface area contributed by atoms with Crippen molar-refractivity contribution in [3.8, 4) is 0 Å². The molecule has 3 aliphatic rings. The zero-order chi connectivity index (χ0) is 20.8. The van der Waals surface area contributed by atoms with Gasteiger partial charge in [0.15, 0.2) is 5.78 Å². The van der Waals surface area contributed by atoms with Crippen LogP contribution in [-0.4, -0.2) is 52.9 Å². The van der Waals surface area contributed by atoms with E-state index in [1.54, 1.807) is 17.1 Å². The molecule has 0 spiro atoms. The summed E-state index contributed by atoms with van der Waals surface area (Å²) in [6.45, 7) is 6.42. The van der Waals surface area contributed by atoms with Gasteiger partial charge in [0.25, 0.3) is 5.69 Å². The van der Waals surface area contributed by atoms with E-state index >= 15 is 0 Å². The summed E-state index contributed by atoms with van der Waals surface area (Å²) in [6, 6.07) is 6.20. The van der Waals surface area contributed by atoms with Crippen LogP contribution >= 0.6 is 0 Å². The lowest BCUT2D eigenvalue weighted by Gasteiger charge is -2.47. The number of nitrogens with zero attached hydrogens (tertiary/aromatic N) is 3. The number of ether oxygens (including phenoxy) is 1. The molecule has 8 nitrogen and oxygen atoms in total. The molecule has 29 heavy (non-hydrogen) atoms. The lowest BCUT2D eigenvalue weighted by Crippen LogP contribution is -2.55. The van der Waals surface area contributed by atoms with Crippen molar-refractivity contribution < 1.29 is 19.2 Å². The van der Waals surface area contributed by atoms with E-state index in [0.717, 1.165) is 11.3 Å². The van der Waals surface area contributed by atoms with Gasteiger partial charge in [-0.05, 0) is 17.4 Å². The number of hydrogen-bond acceptors (Lipinski definition) is 6. The van der Waals surface area contributed by atoms with Gasteiger partial charge in [-0.25, -0.2) is 10.0 Å². The molecule has 1 aliphatic carbocycles. The largest absolute Gasteiger partial charge is 0.379 e. The Hall–Kier alpha value is -2.58. The topological polar surface area (TPSA) is 93.0 Å². The molecule has 1 saturated heterocycles. The fourth-order valence-electron chi connectivity index (χ4n) is 4.59. The Labute approximate surface area is 169 Å². The minimum atomic E-state index is -0.449. The minimum absolute atomic E-state index is 0.00358. The lowest BCUT2D eigenvalue weighted by atomic mass is 9.69. The summed E-state index contributed by atoms with van der Waals surface area (Å²) in [5.74, 6) is -0.343. The second-order valence-electron chi connectivity index (χ2n) is 8.68. The van der Waals surface area contributed by atoms with Crippen LogP contribution in [0.5, 0.6) is 0 Å². The number of hydrogen-bond donors (Lipinski definition) is 0. The third-order valence-electron chi connectivity index (χ3n) is 5.89. The zero-order valence-electron chi connectivity index (χ0n) is 16.7. The Balaban J connectivity index is 1.78. The lowest BCUT2D eigenvalue weighted by molar-refractivity contribution is -0.384. The molecular weight excluding hydrogens is 374 g/mol. The molecule has 0 bridgehead atoms. The van der Waals surface area contributed by atoms with Crippen LogP contribution in [0, 0.1) is 15.5 Å². The average molecular weight is 399 g/mol. The highest BCUT2D eigenvalue weighted by Crippen LogP contribution is 2.47. The Morgan fingerprint density at radius 3 is 2.38 bits per heavy atom. The fraction of sp³-hybridized carbons (Fsp3) is 0.524. The predicted octanol–water partition coefficient (Wildman–Crippen LogP) is 2.80. The standard InChI is InChI=1S/C21H25N3O5/c1-21(2)12-17-20(18(25)13-21)16(14-3-5-15(6-4-14)24(27)28)11-19(26)23(17)22-7-9-29-10-8-22/h3-6,16H,7-13H2,1-2H3. The molecule has 0 radical (unpaired) electrons. The third kappa shape index (κ3) is 3.70. The Morgan fingerprint density at radius 1 is 1.10 bits per heavy atom. The smallest absolute Gasteiger partial charge is 0.269 e. The first-order valence-electron chi connectivity index (χ1n) is 9.93. The van der Waals surface area contributed by atoms with E-state index in [0.29, 0.717) is 44.7 Å². The summed E-state index contributed by atoms with van der Waals surface area (Å²) in [7, 11) is 0. The maximum atomic E-state index is 13.2. The third-order valence-corrected chi connectivity index (χ3v) is 5.89. The fourth-order valence-corrected chi connectivity index (χ4v) is 4.59. The van der Waals surface area contributed by atoms with Gasteiger partial charge in [-0.15, -0.1) is 0 Å². The van der Waals surface area contributed by atoms with E-state index in [4.69, 9.17) is 4.74 Å². The predicted molar refractivity (Wildman–Crippen MR) is 105 cm³/mol. The number of allylic oxidation sites excluding steroid dienone is 2. The van der Waals surface area contributed by atoms with Crippen LogP contribution in [0.15, 0.2) is 35.5 Å². The molecule has 0 N–H and O–H groups in total. The zero-order valence-corrected chi connectivity index (χ0v) is 16.7. The number of carbonyl (C=O) groups is 2. The summed E-state index contributed by atoms with van der Waals surface area (Å²) in [4.78, 5) is 36.9. The van der Waals surface area contributed by atoms with Gasteiger partial charge >= 0.3 is 0 Å². The van der Waals surface area contributed by atoms with Crippen molar-refractivity contribution in [3.63, 3.8) is 0 Å². The highest BCUT2D eigenvalue weighted by atomic mass is 16.6. The number of amides is 1. The van der Waals surface area contributed by atoms with Crippen molar-refractivity contribution in [2.24, 2.45) is 5.41 Å². The summed E-state index contributed by atoms with van der Waals surface area (Å²) >= 11 is 0. The van der Waals surface area contributed by atoms with Crippen LogP contribution in [0.1, 0.15) is 44.6 Å². The first-order valence-corrected chi connectivity index (χ1v) is 9.93. The van der Waals surface area contributed by atoms with Crippen LogP contribution in [0.2, 0.25) is 0 Å². The van der Waals surface area contributed by atoms with Gasteiger partial charge in [0, 0.05) is 55.3 Å². The number of carbonyl (C=O) groups excluding carboxylic acids is 2. The van der Waals surface area contributed by atoms with Crippen LogP contribution in [0.3, 0.4) is 0 Å². The number of non-ortho nitro benzene ring substituents is 1. The maximum absolute atomic E-state index is 13.2. The van der Waals surface area contributed by atoms with Crippen molar-refractivity contribution in [1.82, 2.24) is 10.0 Å². The SMILES string of the molecule is CC1(C)CC(=O)C2=C(C1)N(N1CCOCC1)C(=O)CC2c1ccc([N+](=O)[O-])cc1. The Bertz CT molecular complexity index is 884. The van der Waals surface area contributed by atoms with E-state index in [1.807, 2.05) is 18.9 Å². The number of morpholine rings is 1. The molecule has 4 rings (SSSR count). The highest BCUT2D eigenvalue weighted by molar-refractivity contribution is 6.02. The van der Waals surface area contributed by atoms with Crippen molar-refractivity contribution in [1.29, 1.82) is 0 Å². The number of rotatable bonds is 3. The van der Waals surface area contributed by atoms with Gasteiger partial charge < -0.3 is 4.74 Å². The maximum Gasteiger partial charge on any atom is 0.269 e. The van der Waals surface area contributed by atoms with Gasteiger partial charge in [0.05, 0.1) is 18.1 Å². The minimum Gasteiger partial charge on any atom is -0.379 e. The quantitative estimate of drug-likeness (QED) is 0.573. The first kappa shape index (κ1) is 19.7. The van der Waals surface area contributed by atoms with E-state index < -0.39 is 4.92 Å². The first-order chi connectivity index (χ1) is 13.8. The molecule has 2 heterocycles. The normalized spacial score (nSPS) is 25.2. The molecule has 1 aromatic carbocycles. The van der Waals surface area contributed by atoms with Gasteiger partial charge in [-0.2, -0.15) is 0 Å². The summed E-state index contributed by atoms with van der Waals surface area (Å²) in [6.07, 6.45) is 1.25. The number of hydrazine groups is 1. The van der Waals surface area contributed by atoms with E-state index in [9.17, 15) is 19.7 Å². The van der Waals surface area contributed by atoms with Gasteiger partial charge in [-0.3, -0.25) is 19.7 Å². The summed E-state index contributed by atoms with van der Waals surface area (Å²) in [5.41, 5.74) is 2.01. The van der Waals surface area contributed by atoms with Gasteiger partial charge in [0.2, 0.25) is 5.91 Å². The second-order valence-corrected chi connectivity index (χ2v) is 8.68. The molecule has 1 unspecified atom stereocenters. The number of benzene rings is 1. The molecule has 1 aromatic rings. The molecule has 1 atom stereocenters. The molecule has 0 saturated carbocycles. The Morgan fingerprint density at radius 2 is 1.76 bits per heavy atom. The van der Waals surface area contributed by atoms with Gasteiger partial charge in [-0.1, -0.05) is 26.0 Å². The number of nitro groups is 1. The van der Waals surface area contributed by atoms with Crippen LogP contribution in [0.4, 0.5) is 5.69 Å². The van der Waals surface area contributed by atoms with Crippen LogP contribution < -0.4 is 0 Å². The summed E-state index contributed by atoms with van der Waals surface area (Å²) < 4.78 is 5.43. The monoisotopic (exact) mass is 399 g/mol. The van der Waals surface area contributed by atoms with E-state index in [-0.39, 0.29) is 35.1 Å². The van der Waals surface area contributed by atoms with Crippen molar-refractivity contribution in [3.05, 3.63) is 51.2 Å². The molecule has 154 valence electrons. The van der Waals surface area contributed by atoms with E-state index in [2.05, 4.69) is 0 Å². The molecule has 1 amide bonds. The molecule has 8 heteroatoms. The second kappa shape index (κ2) is 7.35. The van der Waals surface area contributed by atoms with E-state index in [1.165, 1.54) is 12.1 Å². The van der Waals surface area contributed by atoms with Crippen LogP contribution in [0.25, 0.3) is 0 Å². The van der Waals surface area contributed by atoms with Gasteiger partial charge in [0.1, 0.15) is 0 Å².